The highest BCUT2D eigenvalue weighted by molar-refractivity contribution is 7.88. The van der Waals surface area contributed by atoms with E-state index < -0.39 is 14.9 Å². The molecule has 0 atom stereocenters. The second kappa shape index (κ2) is 5.83. The minimum Gasteiger partial charge on any atom is -0.311 e. The molecule has 22 heavy (non-hydrogen) atoms. The van der Waals surface area contributed by atoms with Crippen molar-refractivity contribution >= 4 is 10.1 Å². The van der Waals surface area contributed by atoms with Gasteiger partial charge in [-0.2, -0.15) is 8.42 Å². The van der Waals surface area contributed by atoms with Crippen molar-refractivity contribution < 1.29 is 12.6 Å². The Kier molecular flexibility index (Phi) is 4.04. The van der Waals surface area contributed by atoms with Gasteiger partial charge in [0.05, 0.1) is 0 Å². The Bertz CT molecular complexity index is 686. The van der Waals surface area contributed by atoms with Crippen LogP contribution in [0.1, 0.15) is 18.1 Å². The first-order valence-corrected chi connectivity index (χ1v) is 8.69. The third kappa shape index (κ3) is 2.56. The van der Waals surface area contributed by atoms with Gasteiger partial charge in [0.1, 0.15) is 10.9 Å². The molecule has 1 fully saturated rings. The van der Waals surface area contributed by atoms with E-state index in [2.05, 4.69) is 5.32 Å². The minimum atomic E-state index is -3.83. The first-order valence-electron chi connectivity index (χ1n) is 7.28. The van der Waals surface area contributed by atoms with Crippen LogP contribution in [0.25, 0.3) is 0 Å². The van der Waals surface area contributed by atoms with Gasteiger partial charge in [-0.25, -0.2) is 0 Å². The molecule has 0 bridgehead atoms. The molecular formula is C17H19NO3S. The van der Waals surface area contributed by atoms with Crippen molar-refractivity contribution in [3.05, 3.63) is 71.8 Å². The van der Waals surface area contributed by atoms with Gasteiger partial charge in [-0.1, -0.05) is 60.7 Å². The van der Waals surface area contributed by atoms with E-state index in [0.717, 1.165) is 0 Å². The molecular weight excluding hydrogens is 298 g/mol. The number of hydrogen-bond acceptors (Lipinski definition) is 4. The maximum absolute atomic E-state index is 13.0. The second-order valence-corrected chi connectivity index (χ2v) is 7.51. The van der Waals surface area contributed by atoms with Gasteiger partial charge in [0.2, 0.25) is 0 Å². The molecule has 0 saturated carbocycles. The van der Waals surface area contributed by atoms with E-state index in [9.17, 15) is 8.42 Å². The van der Waals surface area contributed by atoms with Gasteiger partial charge >= 0.3 is 0 Å². The topological polar surface area (TPSA) is 55.4 Å². The molecule has 0 unspecified atom stereocenters. The largest absolute Gasteiger partial charge is 0.311 e. The predicted molar refractivity (Wildman–Crippen MR) is 86.0 cm³/mol. The van der Waals surface area contributed by atoms with Crippen LogP contribution in [0.5, 0.6) is 0 Å². The second-order valence-electron chi connectivity index (χ2n) is 5.60. The van der Waals surface area contributed by atoms with Gasteiger partial charge < -0.3 is 5.32 Å². The lowest BCUT2D eigenvalue weighted by Crippen LogP contribution is -2.51. The fourth-order valence-electron chi connectivity index (χ4n) is 2.57. The van der Waals surface area contributed by atoms with Crippen molar-refractivity contribution in [1.29, 1.82) is 0 Å². The van der Waals surface area contributed by atoms with Crippen LogP contribution in [-0.4, -0.2) is 27.6 Å². The normalized spacial score (nSPS) is 16.2. The van der Waals surface area contributed by atoms with E-state index in [1.54, 1.807) is 6.92 Å². The summed E-state index contributed by atoms with van der Waals surface area (Å²) in [6.45, 7) is 2.84. The monoisotopic (exact) mass is 317 g/mol. The lowest BCUT2D eigenvalue weighted by molar-refractivity contribution is 0.145. The smallest absolute Gasteiger partial charge is 0.281 e. The number of benzene rings is 2. The average molecular weight is 317 g/mol. The Balaban J connectivity index is 2.11. The molecule has 116 valence electrons. The number of rotatable bonds is 5. The zero-order valence-corrected chi connectivity index (χ0v) is 13.2. The van der Waals surface area contributed by atoms with Crippen LogP contribution in [0.2, 0.25) is 0 Å². The van der Waals surface area contributed by atoms with Gasteiger partial charge in [0.15, 0.2) is 0 Å². The summed E-state index contributed by atoms with van der Waals surface area (Å²) in [6, 6.07) is 18.4. The maximum atomic E-state index is 13.0. The summed E-state index contributed by atoms with van der Waals surface area (Å²) < 4.78 is 30.2. The summed E-state index contributed by atoms with van der Waals surface area (Å²) in [5.74, 6) is 0. The molecule has 2 aromatic rings. The summed E-state index contributed by atoms with van der Waals surface area (Å²) in [4.78, 5) is 0. The van der Waals surface area contributed by atoms with Crippen LogP contribution in [0.15, 0.2) is 60.7 Å². The third-order valence-corrected chi connectivity index (χ3v) is 6.15. The van der Waals surface area contributed by atoms with Crippen molar-refractivity contribution in [2.45, 2.75) is 17.8 Å². The molecule has 4 nitrogen and oxygen atoms in total. The van der Waals surface area contributed by atoms with Crippen LogP contribution in [-0.2, 0) is 19.0 Å². The van der Waals surface area contributed by atoms with Gasteiger partial charge in [-0.15, -0.1) is 0 Å². The van der Waals surface area contributed by atoms with E-state index in [0.29, 0.717) is 24.2 Å². The van der Waals surface area contributed by atoms with E-state index in [1.807, 2.05) is 60.7 Å². The zero-order valence-electron chi connectivity index (χ0n) is 12.4. The summed E-state index contributed by atoms with van der Waals surface area (Å²) >= 11 is 0. The molecule has 1 saturated heterocycles. The van der Waals surface area contributed by atoms with Crippen LogP contribution >= 0.6 is 0 Å². The quantitative estimate of drug-likeness (QED) is 0.860. The van der Waals surface area contributed by atoms with E-state index in [1.165, 1.54) is 0 Å². The van der Waals surface area contributed by atoms with Crippen molar-refractivity contribution in [1.82, 2.24) is 5.32 Å². The van der Waals surface area contributed by atoms with Crippen LogP contribution in [0.4, 0.5) is 0 Å². The van der Waals surface area contributed by atoms with Crippen LogP contribution < -0.4 is 5.32 Å². The van der Waals surface area contributed by atoms with Gasteiger partial charge in [-0.05, 0) is 18.1 Å². The van der Waals surface area contributed by atoms with Gasteiger partial charge in [0, 0.05) is 13.1 Å². The summed E-state index contributed by atoms with van der Waals surface area (Å²) in [5, 5.41) is 3.03. The molecule has 1 heterocycles. The van der Waals surface area contributed by atoms with Crippen molar-refractivity contribution in [3.8, 4) is 0 Å². The molecule has 1 aliphatic heterocycles. The SMILES string of the molecule is CC(c1ccccc1)(c1ccccc1)S(=O)(=O)OC1CNC1. The molecule has 2 aromatic carbocycles. The van der Waals surface area contributed by atoms with Crippen LogP contribution in [0.3, 0.4) is 0 Å². The Hall–Kier alpha value is -1.69. The predicted octanol–water partition coefficient (Wildman–Crippen LogP) is 2.27. The molecule has 0 aromatic heterocycles. The van der Waals surface area contributed by atoms with Crippen LogP contribution in [0, 0.1) is 0 Å². The number of nitrogens with one attached hydrogen (secondary N) is 1. The zero-order chi connectivity index (χ0) is 15.6. The summed E-state index contributed by atoms with van der Waals surface area (Å²) in [6.07, 6.45) is -0.281. The van der Waals surface area contributed by atoms with Crippen molar-refractivity contribution in [2.75, 3.05) is 13.1 Å². The fourth-order valence-corrected chi connectivity index (χ4v) is 4.11. The highest BCUT2D eigenvalue weighted by Crippen LogP contribution is 2.39. The molecule has 0 amide bonds. The number of hydrogen-bond donors (Lipinski definition) is 1. The molecule has 3 rings (SSSR count). The Morgan fingerprint density at radius 2 is 1.41 bits per heavy atom. The van der Waals surface area contributed by atoms with Crippen molar-refractivity contribution in [2.24, 2.45) is 0 Å². The van der Waals surface area contributed by atoms with E-state index in [-0.39, 0.29) is 6.10 Å². The van der Waals surface area contributed by atoms with Gasteiger partial charge in [-0.3, -0.25) is 4.18 Å². The highest BCUT2D eigenvalue weighted by atomic mass is 32.2. The van der Waals surface area contributed by atoms with E-state index in [4.69, 9.17) is 4.18 Å². The first-order chi connectivity index (χ1) is 10.5. The minimum absolute atomic E-state index is 0.281. The summed E-state index contributed by atoms with van der Waals surface area (Å²) in [5.41, 5.74) is 1.40. The first kappa shape index (κ1) is 15.2. The molecule has 0 radical (unpaired) electrons. The average Bonchev–Trinajstić information content (AvgIpc) is 2.52. The Morgan fingerprint density at radius 1 is 0.955 bits per heavy atom. The summed E-state index contributed by atoms with van der Waals surface area (Å²) in [7, 11) is -3.83. The third-order valence-electron chi connectivity index (χ3n) is 4.16. The molecule has 0 aliphatic carbocycles. The molecule has 1 N–H and O–H groups in total. The molecule has 5 heteroatoms. The highest BCUT2D eigenvalue weighted by Gasteiger charge is 2.45. The standard InChI is InChI=1S/C17H19NO3S/c1-17(14-8-4-2-5-9-14,15-10-6-3-7-11-15)22(19,20)21-16-12-18-13-16/h2-11,16,18H,12-13H2,1H3. The molecule has 1 aliphatic rings. The Morgan fingerprint density at radius 3 is 1.77 bits per heavy atom. The van der Waals surface area contributed by atoms with Gasteiger partial charge in [0.25, 0.3) is 10.1 Å². The Labute approximate surface area is 131 Å². The molecule has 0 spiro atoms. The van der Waals surface area contributed by atoms with Crippen molar-refractivity contribution in [3.63, 3.8) is 0 Å². The fraction of sp³-hybridized carbons (Fsp3) is 0.294. The maximum Gasteiger partial charge on any atom is 0.281 e. The lowest BCUT2D eigenvalue weighted by Gasteiger charge is -2.34. The van der Waals surface area contributed by atoms with E-state index >= 15 is 0 Å². The lowest BCUT2D eigenvalue weighted by atomic mass is 9.92.